The predicted molar refractivity (Wildman–Crippen MR) is 157 cm³/mol. The lowest BCUT2D eigenvalue weighted by Crippen LogP contribution is -2.54. The van der Waals surface area contributed by atoms with E-state index in [1.54, 1.807) is 0 Å². The lowest BCUT2D eigenvalue weighted by Gasteiger charge is -2.25. The second-order valence-electron chi connectivity index (χ2n) is 10.5. The highest BCUT2D eigenvalue weighted by Gasteiger charge is 2.26. The summed E-state index contributed by atoms with van der Waals surface area (Å²) >= 11 is 0. The Bertz CT molecular complexity index is 1000. The Morgan fingerprint density at radius 3 is 2.08 bits per heavy atom. The Balaban J connectivity index is 2.08. The molecule has 208 valence electrons. The molecule has 0 bridgehead atoms. The molecular weight excluding hydrogens is 476 g/mol. The van der Waals surface area contributed by atoms with E-state index in [-0.39, 0.29) is 23.8 Å². The molecule has 0 aliphatic rings. The van der Waals surface area contributed by atoms with Gasteiger partial charge in [-0.25, -0.2) is 0 Å². The molecule has 0 unspecified atom stereocenters. The third-order valence-corrected chi connectivity index (χ3v) is 6.19. The Kier molecular flexibility index (Phi) is 13.3. The van der Waals surface area contributed by atoms with Crippen LogP contribution in [0.4, 0.5) is 0 Å². The summed E-state index contributed by atoms with van der Waals surface area (Å²) in [6.45, 7) is 9.31. The van der Waals surface area contributed by atoms with Crippen molar-refractivity contribution < 1.29 is 9.59 Å². The smallest absolute Gasteiger partial charge is 0.242 e. The fraction of sp³-hybridized carbons (Fsp3) is 0.500. The first-order valence-electron chi connectivity index (χ1n) is 13.7. The number of hydrogen-bond acceptors (Lipinski definition) is 4. The van der Waals surface area contributed by atoms with Gasteiger partial charge in [0.15, 0.2) is 5.96 Å². The van der Waals surface area contributed by atoms with E-state index in [4.69, 9.17) is 11.5 Å². The summed E-state index contributed by atoms with van der Waals surface area (Å²) in [5, 5.41) is 9.35. The van der Waals surface area contributed by atoms with Gasteiger partial charge in [-0.3, -0.25) is 14.6 Å². The fourth-order valence-corrected chi connectivity index (χ4v) is 4.22. The fourth-order valence-electron chi connectivity index (χ4n) is 4.22. The maximum Gasteiger partial charge on any atom is 0.242 e. The Morgan fingerprint density at radius 1 is 0.816 bits per heavy atom. The van der Waals surface area contributed by atoms with Gasteiger partial charge in [0, 0.05) is 19.1 Å². The van der Waals surface area contributed by atoms with Crippen LogP contribution in [0.5, 0.6) is 0 Å². The number of benzene rings is 2. The van der Waals surface area contributed by atoms with Gasteiger partial charge in [-0.15, -0.1) is 0 Å². The van der Waals surface area contributed by atoms with Crippen LogP contribution in [0.2, 0.25) is 0 Å². The zero-order valence-corrected chi connectivity index (χ0v) is 23.4. The highest BCUT2D eigenvalue weighted by Crippen LogP contribution is 2.20. The van der Waals surface area contributed by atoms with Crippen molar-refractivity contribution in [3.63, 3.8) is 0 Å². The summed E-state index contributed by atoms with van der Waals surface area (Å²) in [5.41, 5.74) is 14.2. The van der Waals surface area contributed by atoms with E-state index in [9.17, 15) is 9.59 Å². The number of nitrogens with two attached hydrogens (primary N) is 2. The molecule has 2 rings (SSSR count). The van der Waals surface area contributed by atoms with Crippen molar-refractivity contribution in [3.05, 3.63) is 60.2 Å². The number of rotatable bonds is 16. The third kappa shape index (κ3) is 11.8. The molecule has 8 heteroatoms. The van der Waals surface area contributed by atoms with Crippen molar-refractivity contribution >= 4 is 17.8 Å². The summed E-state index contributed by atoms with van der Waals surface area (Å²) in [5.74, 6) is 0.215. The van der Waals surface area contributed by atoms with E-state index in [2.05, 4.69) is 71.2 Å². The third-order valence-electron chi connectivity index (χ3n) is 6.19. The van der Waals surface area contributed by atoms with Gasteiger partial charge in [0.2, 0.25) is 11.8 Å². The molecule has 7 N–H and O–H groups in total. The van der Waals surface area contributed by atoms with E-state index in [1.807, 2.05) is 32.0 Å². The van der Waals surface area contributed by atoms with Gasteiger partial charge in [-0.1, -0.05) is 82.3 Å². The van der Waals surface area contributed by atoms with Crippen LogP contribution in [0, 0.1) is 5.92 Å². The highest BCUT2D eigenvalue weighted by atomic mass is 16.2. The second-order valence-corrected chi connectivity index (χ2v) is 10.5. The van der Waals surface area contributed by atoms with E-state index in [1.165, 1.54) is 0 Å². The van der Waals surface area contributed by atoms with Crippen LogP contribution in [0.15, 0.2) is 59.6 Å². The summed E-state index contributed by atoms with van der Waals surface area (Å²) < 4.78 is 0. The number of nitrogens with zero attached hydrogens (tertiary/aromatic N) is 1. The summed E-state index contributed by atoms with van der Waals surface area (Å²) in [7, 11) is 0. The SMILES string of the molecule is CC(C)CCCNC(=O)[C@@H](CCCN=C(N)N)NC(=O)[C@H](Cc1ccc(-c2ccccc2)cc1)NC(C)C. The van der Waals surface area contributed by atoms with Gasteiger partial charge >= 0.3 is 0 Å². The lowest BCUT2D eigenvalue weighted by atomic mass is 9.99. The number of aliphatic imine (C=N–C) groups is 1. The van der Waals surface area contributed by atoms with Gasteiger partial charge in [0.1, 0.15) is 6.04 Å². The van der Waals surface area contributed by atoms with Gasteiger partial charge in [0.05, 0.1) is 6.04 Å². The average molecular weight is 523 g/mol. The molecule has 0 aromatic heterocycles. The molecule has 2 aromatic rings. The van der Waals surface area contributed by atoms with Gasteiger partial charge < -0.3 is 27.4 Å². The minimum atomic E-state index is -0.660. The molecule has 0 saturated heterocycles. The lowest BCUT2D eigenvalue weighted by molar-refractivity contribution is -0.130. The molecule has 2 atom stereocenters. The molecule has 0 aliphatic heterocycles. The van der Waals surface area contributed by atoms with Crippen LogP contribution >= 0.6 is 0 Å². The maximum absolute atomic E-state index is 13.4. The van der Waals surface area contributed by atoms with E-state index >= 15 is 0 Å². The Hall–Kier alpha value is -3.39. The first kappa shape index (κ1) is 30.8. The van der Waals surface area contributed by atoms with E-state index in [0.717, 1.165) is 29.5 Å². The van der Waals surface area contributed by atoms with Crippen LogP contribution in [-0.2, 0) is 16.0 Å². The highest BCUT2D eigenvalue weighted by molar-refractivity contribution is 5.90. The van der Waals surface area contributed by atoms with E-state index < -0.39 is 12.1 Å². The molecule has 2 aromatic carbocycles. The predicted octanol–water partition coefficient (Wildman–Crippen LogP) is 3.35. The van der Waals surface area contributed by atoms with Gasteiger partial charge in [0.25, 0.3) is 0 Å². The zero-order chi connectivity index (χ0) is 27.9. The molecular formula is C30H46N6O2. The molecule has 8 nitrogen and oxygen atoms in total. The largest absolute Gasteiger partial charge is 0.370 e. The number of carbonyl (C=O) groups excluding carboxylic acids is 2. The standard InChI is InChI=1S/C30H46N6O2/c1-21(2)10-8-18-33-28(37)26(13-9-19-34-30(31)32)36-29(38)27(35-22(3)4)20-23-14-16-25(17-15-23)24-11-6-5-7-12-24/h5-7,11-12,14-17,21-22,26-27,35H,8-10,13,18-20H2,1-4H3,(H,33,37)(H,36,38)(H4,31,32,34)/t26-,27+/m1/s1. The minimum absolute atomic E-state index is 0.0169. The Morgan fingerprint density at radius 2 is 1.47 bits per heavy atom. The minimum Gasteiger partial charge on any atom is -0.370 e. The molecule has 0 heterocycles. The molecule has 0 spiro atoms. The summed E-state index contributed by atoms with van der Waals surface area (Å²) in [6, 6.07) is 17.4. The normalized spacial score (nSPS) is 12.7. The van der Waals surface area contributed by atoms with Crippen LogP contribution in [0.1, 0.15) is 58.9 Å². The molecule has 0 fully saturated rings. The summed E-state index contributed by atoms with van der Waals surface area (Å²) in [6.07, 6.45) is 3.46. The van der Waals surface area contributed by atoms with Crippen molar-refractivity contribution in [2.45, 2.75) is 77.9 Å². The molecule has 2 amide bonds. The second kappa shape index (κ2) is 16.5. The van der Waals surface area contributed by atoms with E-state index in [0.29, 0.717) is 38.3 Å². The van der Waals surface area contributed by atoms with Crippen LogP contribution in [0.25, 0.3) is 11.1 Å². The first-order chi connectivity index (χ1) is 18.2. The molecule has 0 radical (unpaired) electrons. The average Bonchev–Trinajstić information content (AvgIpc) is 2.88. The maximum atomic E-state index is 13.4. The van der Waals surface area contributed by atoms with Gasteiger partial charge in [-0.05, 0) is 54.7 Å². The van der Waals surface area contributed by atoms with Gasteiger partial charge in [-0.2, -0.15) is 0 Å². The van der Waals surface area contributed by atoms with Crippen molar-refractivity contribution in [2.24, 2.45) is 22.4 Å². The number of amides is 2. The number of guanidine groups is 1. The molecule has 0 aliphatic carbocycles. The first-order valence-corrected chi connectivity index (χ1v) is 13.7. The van der Waals surface area contributed by atoms with Crippen molar-refractivity contribution in [1.29, 1.82) is 0 Å². The Labute approximate surface area is 228 Å². The van der Waals surface area contributed by atoms with Crippen molar-refractivity contribution in [3.8, 4) is 11.1 Å². The van der Waals surface area contributed by atoms with Crippen LogP contribution < -0.4 is 27.4 Å². The van der Waals surface area contributed by atoms with Crippen molar-refractivity contribution in [2.75, 3.05) is 13.1 Å². The van der Waals surface area contributed by atoms with Crippen LogP contribution in [0.3, 0.4) is 0 Å². The summed E-state index contributed by atoms with van der Waals surface area (Å²) in [4.78, 5) is 30.4. The molecule has 0 saturated carbocycles. The number of carbonyl (C=O) groups is 2. The number of nitrogens with one attached hydrogen (secondary N) is 3. The quantitative estimate of drug-likeness (QED) is 0.131. The zero-order valence-electron chi connectivity index (χ0n) is 23.4. The molecule has 38 heavy (non-hydrogen) atoms. The van der Waals surface area contributed by atoms with Crippen LogP contribution in [-0.4, -0.2) is 49.0 Å². The topological polar surface area (TPSA) is 135 Å². The monoisotopic (exact) mass is 522 g/mol. The number of hydrogen-bond donors (Lipinski definition) is 5. The van der Waals surface area contributed by atoms with Crippen molar-refractivity contribution in [1.82, 2.24) is 16.0 Å².